The maximum Gasteiger partial charge on any atom is 0.317 e. The second-order valence-electron chi connectivity index (χ2n) is 6.62. The number of amides is 3. The van der Waals surface area contributed by atoms with Gasteiger partial charge in [0, 0.05) is 38.7 Å². The molecule has 2 N–H and O–H groups in total. The van der Waals surface area contributed by atoms with Crippen molar-refractivity contribution in [3.05, 3.63) is 29.8 Å². The van der Waals surface area contributed by atoms with E-state index in [1.807, 2.05) is 29.2 Å². The minimum Gasteiger partial charge on any atom is -0.496 e. The van der Waals surface area contributed by atoms with Crippen molar-refractivity contribution in [3.63, 3.8) is 0 Å². The molecule has 7 nitrogen and oxygen atoms in total. The molecule has 144 valence electrons. The first-order valence-corrected chi connectivity index (χ1v) is 9.06. The molecule has 1 atom stereocenters. The second-order valence-corrected chi connectivity index (χ2v) is 6.62. The summed E-state index contributed by atoms with van der Waals surface area (Å²) in [6, 6.07) is 7.31. The summed E-state index contributed by atoms with van der Waals surface area (Å²) in [6.07, 6.45) is 1.96. The van der Waals surface area contributed by atoms with Gasteiger partial charge in [0.05, 0.1) is 20.3 Å². The summed E-state index contributed by atoms with van der Waals surface area (Å²) < 4.78 is 5.34. The fourth-order valence-corrected chi connectivity index (χ4v) is 3.27. The Bertz CT molecular complexity index is 608. The van der Waals surface area contributed by atoms with Crippen LogP contribution in [0.3, 0.4) is 0 Å². The standard InChI is InChI=1S/C19H29N3O4/c1-15(24)21-9-5-6-16(13-21)12-20-19(25)22(10-11-23)14-17-7-3-4-8-18(17)26-2/h3-4,7-8,16,23H,5-6,9-14H2,1-2H3,(H,20,25)/t16-/m0/s1. The molecule has 1 saturated heterocycles. The van der Waals surface area contributed by atoms with Gasteiger partial charge in [0.15, 0.2) is 0 Å². The minimum atomic E-state index is -0.218. The number of aliphatic hydroxyl groups is 1. The van der Waals surface area contributed by atoms with Crippen LogP contribution >= 0.6 is 0 Å². The van der Waals surface area contributed by atoms with Gasteiger partial charge in [0.1, 0.15) is 5.75 Å². The minimum absolute atomic E-state index is 0.0825. The van der Waals surface area contributed by atoms with Crippen LogP contribution < -0.4 is 10.1 Å². The second kappa shape index (κ2) is 10.0. The van der Waals surface area contributed by atoms with E-state index in [1.54, 1.807) is 18.9 Å². The van der Waals surface area contributed by atoms with E-state index in [1.165, 1.54) is 0 Å². The molecule has 1 heterocycles. The first-order chi connectivity index (χ1) is 12.5. The predicted molar refractivity (Wildman–Crippen MR) is 98.9 cm³/mol. The Morgan fingerprint density at radius 2 is 2.15 bits per heavy atom. The van der Waals surface area contributed by atoms with Crippen LogP contribution in [0.4, 0.5) is 4.79 Å². The fourth-order valence-electron chi connectivity index (χ4n) is 3.27. The summed E-state index contributed by atoms with van der Waals surface area (Å²) in [6.45, 7) is 4.08. The summed E-state index contributed by atoms with van der Waals surface area (Å²) in [5, 5.41) is 12.3. The van der Waals surface area contributed by atoms with Gasteiger partial charge in [0.25, 0.3) is 0 Å². The third kappa shape index (κ3) is 5.62. The van der Waals surface area contributed by atoms with E-state index in [2.05, 4.69) is 5.32 Å². The summed E-state index contributed by atoms with van der Waals surface area (Å²) in [7, 11) is 1.60. The summed E-state index contributed by atoms with van der Waals surface area (Å²) in [5.41, 5.74) is 0.888. The molecule has 1 fully saturated rings. The third-order valence-electron chi connectivity index (χ3n) is 4.72. The van der Waals surface area contributed by atoms with E-state index in [-0.39, 0.29) is 31.0 Å². The van der Waals surface area contributed by atoms with Crippen molar-refractivity contribution < 1.29 is 19.4 Å². The molecule has 0 saturated carbocycles. The van der Waals surface area contributed by atoms with E-state index < -0.39 is 0 Å². The lowest BCUT2D eigenvalue weighted by molar-refractivity contribution is -0.130. The number of nitrogens with one attached hydrogen (secondary N) is 1. The van der Waals surface area contributed by atoms with Crippen LogP contribution in [0.1, 0.15) is 25.3 Å². The quantitative estimate of drug-likeness (QED) is 0.768. The number of benzene rings is 1. The molecule has 1 aromatic carbocycles. The van der Waals surface area contributed by atoms with Crippen LogP contribution in [0.15, 0.2) is 24.3 Å². The number of urea groups is 1. The predicted octanol–water partition coefficient (Wildman–Crippen LogP) is 1.46. The summed E-state index contributed by atoms with van der Waals surface area (Å²) >= 11 is 0. The summed E-state index contributed by atoms with van der Waals surface area (Å²) in [4.78, 5) is 27.5. The normalized spacial score (nSPS) is 16.9. The number of nitrogens with zero attached hydrogens (tertiary/aromatic N) is 2. The molecule has 2 rings (SSSR count). The zero-order valence-corrected chi connectivity index (χ0v) is 15.6. The van der Waals surface area contributed by atoms with Gasteiger partial charge in [-0.25, -0.2) is 4.79 Å². The molecule has 3 amide bonds. The lowest BCUT2D eigenvalue weighted by Crippen LogP contribution is -2.46. The van der Waals surface area contributed by atoms with E-state index in [4.69, 9.17) is 4.74 Å². The maximum atomic E-state index is 12.6. The molecular formula is C19H29N3O4. The first kappa shape index (κ1) is 20.0. The highest BCUT2D eigenvalue weighted by atomic mass is 16.5. The number of hydrogen-bond acceptors (Lipinski definition) is 4. The highest BCUT2D eigenvalue weighted by Gasteiger charge is 2.23. The van der Waals surface area contributed by atoms with Crippen LogP contribution in [0.2, 0.25) is 0 Å². The number of ether oxygens (including phenoxy) is 1. The van der Waals surface area contributed by atoms with Crippen molar-refractivity contribution in [2.24, 2.45) is 5.92 Å². The Morgan fingerprint density at radius 1 is 1.38 bits per heavy atom. The fraction of sp³-hybridized carbons (Fsp3) is 0.579. The SMILES string of the molecule is COc1ccccc1CN(CCO)C(=O)NC[C@@H]1CCCN(C(C)=O)C1. The molecule has 1 aliphatic heterocycles. The van der Waals surface area contributed by atoms with E-state index >= 15 is 0 Å². The average Bonchev–Trinajstić information content (AvgIpc) is 2.66. The van der Waals surface area contributed by atoms with E-state index in [0.29, 0.717) is 25.4 Å². The Morgan fingerprint density at radius 3 is 2.85 bits per heavy atom. The largest absolute Gasteiger partial charge is 0.496 e. The van der Waals surface area contributed by atoms with E-state index in [0.717, 1.165) is 24.9 Å². The van der Waals surface area contributed by atoms with Crippen molar-refractivity contribution >= 4 is 11.9 Å². The lowest BCUT2D eigenvalue weighted by Gasteiger charge is -2.32. The van der Waals surface area contributed by atoms with Crippen LogP contribution in [0, 0.1) is 5.92 Å². The van der Waals surface area contributed by atoms with Gasteiger partial charge in [-0.05, 0) is 24.8 Å². The topological polar surface area (TPSA) is 82.1 Å². The smallest absolute Gasteiger partial charge is 0.317 e. The van der Waals surface area contributed by atoms with Gasteiger partial charge in [-0.2, -0.15) is 0 Å². The van der Waals surface area contributed by atoms with Crippen LogP contribution in [-0.4, -0.2) is 66.7 Å². The molecule has 0 unspecified atom stereocenters. The molecule has 0 radical (unpaired) electrons. The molecule has 0 bridgehead atoms. The van der Waals surface area contributed by atoms with Gasteiger partial charge in [-0.3, -0.25) is 4.79 Å². The zero-order valence-electron chi connectivity index (χ0n) is 15.6. The van der Waals surface area contributed by atoms with Crippen molar-refractivity contribution in [2.45, 2.75) is 26.3 Å². The molecular weight excluding hydrogens is 334 g/mol. The number of aliphatic hydroxyl groups excluding tert-OH is 1. The average molecular weight is 363 g/mol. The molecule has 1 aromatic rings. The first-order valence-electron chi connectivity index (χ1n) is 9.06. The number of carbonyl (C=O) groups is 2. The maximum absolute atomic E-state index is 12.6. The van der Waals surface area contributed by atoms with Gasteiger partial charge >= 0.3 is 6.03 Å². The van der Waals surface area contributed by atoms with Crippen LogP contribution in [-0.2, 0) is 11.3 Å². The molecule has 1 aliphatic rings. The Labute approximate surface area is 154 Å². The highest BCUT2D eigenvalue weighted by Crippen LogP contribution is 2.19. The molecule has 0 aromatic heterocycles. The van der Waals surface area contributed by atoms with Crippen LogP contribution in [0.25, 0.3) is 0 Å². The molecule has 0 aliphatic carbocycles. The Kier molecular flexibility index (Phi) is 7.72. The van der Waals surface area contributed by atoms with Crippen molar-refractivity contribution in [1.29, 1.82) is 0 Å². The molecule has 26 heavy (non-hydrogen) atoms. The number of para-hydroxylation sites is 1. The zero-order chi connectivity index (χ0) is 18.9. The van der Waals surface area contributed by atoms with Gasteiger partial charge in [-0.1, -0.05) is 18.2 Å². The number of piperidine rings is 1. The lowest BCUT2D eigenvalue weighted by atomic mass is 9.98. The number of likely N-dealkylation sites (tertiary alicyclic amines) is 1. The van der Waals surface area contributed by atoms with Crippen LogP contribution in [0.5, 0.6) is 5.75 Å². The van der Waals surface area contributed by atoms with Crippen molar-refractivity contribution in [1.82, 2.24) is 15.1 Å². The highest BCUT2D eigenvalue weighted by molar-refractivity contribution is 5.74. The number of hydrogen-bond donors (Lipinski definition) is 2. The number of methoxy groups -OCH3 is 1. The number of carbonyl (C=O) groups excluding carboxylic acids is 2. The Hall–Kier alpha value is -2.28. The van der Waals surface area contributed by atoms with Crippen molar-refractivity contribution in [2.75, 3.05) is 39.9 Å². The van der Waals surface area contributed by atoms with Crippen molar-refractivity contribution in [3.8, 4) is 5.75 Å². The van der Waals surface area contributed by atoms with E-state index in [9.17, 15) is 14.7 Å². The Balaban J connectivity index is 1.92. The summed E-state index contributed by atoms with van der Waals surface area (Å²) in [5.74, 6) is 1.06. The third-order valence-corrected chi connectivity index (χ3v) is 4.72. The molecule has 7 heteroatoms. The molecule has 0 spiro atoms. The number of rotatable bonds is 7. The van der Waals surface area contributed by atoms with Gasteiger partial charge < -0.3 is 25.0 Å². The van der Waals surface area contributed by atoms with Gasteiger partial charge in [-0.15, -0.1) is 0 Å². The van der Waals surface area contributed by atoms with Gasteiger partial charge in [0.2, 0.25) is 5.91 Å². The monoisotopic (exact) mass is 363 g/mol.